The predicted octanol–water partition coefficient (Wildman–Crippen LogP) is 5.64. The van der Waals surface area contributed by atoms with Crippen LogP contribution in [0.1, 0.15) is 64.7 Å². The van der Waals surface area contributed by atoms with Crippen LogP contribution in [0.25, 0.3) is 0 Å². The quantitative estimate of drug-likeness (QED) is 0.503. The van der Waals surface area contributed by atoms with Gasteiger partial charge in [0.2, 0.25) is 0 Å². The molecule has 0 N–H and O–H groups in total. The van der Waals surface area contributed by atoms with Crippen LogP contribution in [0.4, 0.5) is 0 Å². The van der Waals surface area contributed by atoms with Crippen molar-refractivity contribution >= 4 is 5.91 Å². The zero-order valence-corrected chi connectivity index (χ0v) is 19.0. The Morgan fingerprint density at radius 3 is 2.62 bits per heavy atom. The third-order valence-electron chi connectivity index (χ3n) is 6.16. The van der Waals surface area contributed by atoms with E-state index in [1.54, 1.807) is 7.11 Å². The highest BCUT2D eigenvalue weighted by Gasteiger charge is 2.28. The predicted molar refractivity (Wildman–Crippen MR) is 122 cm³/mol. The lowest BCUT2D eigenvalue weighted by atomic mass is 10.00. The summed E-state index contributed by atoms with van der Waals surface area (Å²) in [5.41, 5.74) is 3.55. The highest BCUT2D eigenvalue weighted by atomic mass is 16.5. The number of carbonyl (C=O) groups excluding carboxylic acids is 1. The van der Waals surface area contributed by atoms with Crippen molar-refractivity contribution in [1.82, 2.24) is 10.1 Å². The van der Waals surface area contributed by atoms with E-state index in [1.165, 1.54) is 0 Å². The van der Waals surface area contributed by atoms with Crippen molar-refractivity contribution in [2.75, 3.05) is 13.7 Å². The molecule has 2 aromatic carbocycles. The Balaban J connectivity index is 1.53. The van der Waals surface area contributed by atoms with E-state index in [0.717, 1.165) is 60.6 Å². The molecular weight excluding hydrogens is 404 g/mol. The maximum Gasteiger partial charge on any atom is 0.254 e. The van der Waals surface area contributed by atoms with Gasteiger partial charge in [-0.3, -0.25) is 4.79 Å². The molecule has 0 aliphatic carbocycles. The molecule has 3 aromatic rings. The molecule has 1 atom stereocenters. The molecule has 1 aromatic heterocycles. The number of likely N-dealkylation sites (tertiary alicyclic amines) is 1. The lowest BCUT2D eigenvalue weighted by molar-refractivity contribution is 0.0680. The lowest BCUT2D eigenvalue weighted by Crippen LogP contribution is -2.34. The number of methoxy groups -OCH3 is 1. The van der Waals surface area contributed by atoms with E-state index in [-0.39, 0.29) is 11.9 Å². The Hall–Kier alpha value is -3.28. The van der Waals surface area contributed by atoms with Crippen molar-refractivity contribution in [2.24, 2.45) is 0 Å². The number of amides is 1. The molecule has 0 spiro atoms. The topological polar surface area (TPSA) is 64.8 Å². The smallest absolute Gasteiger partial charge is 0.254 e. The monoisotopic (exact) mass is 434 g/mol. The Morgan fingerprint density at radius 1 is 1.09 bits per heavy atom. The number of ether oxygens (including phenoxy) is 2. The fraction of sp³-hybridized carbons (Fsp3) is 0.385. The summed E-state index contributed by atoms with van der Waals surface area (Å²) in [5, 5.41) is 3.97. The number of aryl methyl sites for hydroxylation is 2. The van der Waals surface area contributed by atoms with Gasteiger partial charge in [0.15, 0.2) is 0 Å². The summed E-state index contributed by atoms with van der Waals surface area (Å²) < 4.78 is 16.5. The molecule has 168 valence electrons. The number of aromatic nitrogens is 1. The second kappa shape index (κ2) is 9.90. The van der Waals surface area contributed by atoms with Gasteiger partial charge in [-0.1, -0.05) is 36.2 Å². The summed E-state index contributed by atoms with van der Waals surface area (Å²) in [6, 6.07) is 15.6. The lowest BCUT2D eigenvalue weighted by Gasteiger charge is -2.31. The van der Waals surface area contributed by atoms with Crippen LogP contribution < -0.4 is 9.47 Å². The van der Waals surface area contributed by atoms with Crippen LogP contribution in [0.3, 0.4) is 0 Å². The van der Waals surface area contributed by atoms with E-state index in [2.05, 4.69) is 17.3 Å². The standard InChI is InChI=1S/C26H30N2O4/c1-18-24(19(2)32-27-18)17-31-23-9-7-8-21(16-23)26(29)28-15-6-4-5-10-25(28)20-11-13-22(30-3)14-12-20/h7-9,11-14,16,25H,4-6,10,15,17H2,1-3H3. The third kappa shape index (κ3) is 4.79. The van der Waals surface area contributed by atoms with Crippen LogP contribution in [0.15, 0.2) is 53.1 Å². The molecule has 1 unspecified atom stereocenters. The molecule has 0 radical (unpaired) electrons. The van der Waals surface area contributed by atoms with Gasteiger partial charge in [-0.25, -0.2) is 0 Å². The first-order chi connectivity index (χ1) is 15.6. The first-order valence-electron chi connectivity index (χ1n) is 11.2. The van der Waals surface area contributed by atoms with E-state index >= 15 is 0 Å². The van der Waals surface area contributed by atoms with Crippen molar-refractivity contribution in [2.45, 2.75) is 52.2 Å². The molecule has 0 bridgehead atoms. The maximum absolute atomic E-state index is 13.6. The average Bonchev–Trinajstić information content (AvgIpc) is 3.01. The van der Waals surface area contributed by atoms with Gasteiger partial charge in [-0.05, 0) is 62.6 Å². The fourth-order valence-electron chi connectivity index (χ4n) is 4.27. The van der Waals surface area contributed by atoms with Crippen LogP contribution in [-0.2, 0) is 6.61 Å². The summed E-state index contributed by atoms with van der Waals surface area (Å²) in [5.74, 6) is 2.27. The number of nitrogens with zero attached hydrogens (tertiary/aromatic N) is 2. The van der Waals surface area contributed by atoms with Crippen molar-refractivity contribution in [3.8, 4) is 11.5 Å². The number of hydrogen-bond acceptors (Lipinski definition) is 5. The minimum atomic E-state index is 0.0375. The Morgan fingerprint density at radius 2 is 1.91 bits per heavy atom. The molecule has 1 aliphatic rings. The van der Waals surface area contributed by atoms with Gasteiger partial charge in [0.1, 0.15) is 23.9 Å². The average molecular weight is 435 g/mol. The summed E-state index contributed by atoms with van der Waals surface area (Å²) in [6.45, 7) is 4.88. The molecule has 6 heteroatoms. The van der Waals surface area contributed by atoms with Crippen molar-refractivity contribution in [3.63, 3.8) is 0 Å². The van der Waals surface area contributed by atoms with E-state index in [4.69, 9.17) is 14.0 Å². The maximum atomic E-state index is 13.6. The molecule has 1 aliphatic heterocycles. The minimum absolute atomic E-state index is 0.0375. The van der Waals surface area contributed by atoms with E-state index in [0.29, 0.717) is 17.9 Å². The van der Waals surface area contributed by atoms with Gasteiger partial charge in [-0.15, -0.1) is 0 Å². The van der Waals surface area contributed by atoms with E-state index in [9.17, 15) is 4.79 Å². The highest BCUT2D eigenvalue weighted by Crippen LogP contribution is 2.33. The summed E-state index contributed by atoms with van der Waals surface area (Å²) >= 11 is 0. The van der Waals surface area contributed by atoms with E-state index < -0.39 is 0 Å². The van der Waals surface area contributed by atoms with Gasteiger partial charge in [0, 0.05) is 12.1 Å². The first-order valence-corrected chi connectivity index (χ1v) is 11.2. The van der Waals surface area contributed by atoms with Gasteiger partial charge in [0.25, 0.3) is 5.91 Å². The van der Waals surface area contributed by atoms with Gasteiger partial charge < -0.3 is 18.9 Å². The minimum Gasteiger partial charge on any atom is -0.497 e. The SMILES string of the molecule is COc1ccc(C2CCCCCN2C(=O)c2cccc(OCc3c(C)noc3C)c2)cc1. The molecule has 0 saturated carbocycles. The summed E-state index contributed by atoms with van der Waals surface area (Å²) in [7, 11) is 1.66. The first kappa shape index (κ1) is 21.9. The van der Waals surface area contributed by atoms with Gasteiger partial charge in [-0.2, -0.15) is 0 Å². The van der Waals surface area contributed by atoms with Crippen LogP contribution in [0.5, 0.6) is 11.5 Å². The number of carbonyl (C=O) groups is 1. The Bertz CT molecular complexity index is 1040. The van der Waals surface area contributed by atoms with Crippen molar-refractivity contribution < 1.29 is 18.8 Å². The zero-order valence-electron chi connectivity index (χ0n) is 19.0. The Kier molecular flexibility index (Phi) is 6.78. The van der Waals surface area contributed by atoms with Crippen molar-refractivity contribution in [3.05, 3.63) is 76.7 Å². The van der Waals surface area contributed by atoms with Crippen LogP contribution in [0.2, 0.25) is 0 Å². The molecule has 1 saturated heterocycles. The van der Waals surface area contributed by atoms with Gasteiger partial charge >= 0.3 is 0 Å². The fourth-order valence-corrected chi connectivity index (χ4v) is 4.27. The Labute approximate surface area is 189 Å². The molecular formula is C26H30N2O4. The summed E-state index contributed by atoms with van der Waals surface area (Å²) in [4.78, 5) is 15.6. The summed E-state index contributed by atoms with van der Waals surface area (Å²) in [6.07, 6.45) is 4.22. The normalized spacial score (nSPS) is 16.5. The zero-order chi connectivity index (χ0) is 22.5. The molecule has 32 heavy (non-hydrogen) atoms. The van der Waals surface area contributed by atoms with Crippen LogP contribution in [-0.4, -0.2) is 29.6 Å². The van der Waals surface area contributed by atoms with Gasteiger partial charge in [0.05, 0.1) is 24.4 Å². The number of rotatable bonds is 6. The van der Waals surface area contributed by atoms with Crippen molar-refractivity contribution in [1.29, 1.82) is 0 Å². The largest absolute Gasteiger partial charge is 0.497 e. The van der Waals surface area contributed by atoms with Crippen LogP contribution >= 0.6 is 0 Å². The third-order valence-corrected chi connectivity index (χ3v) is 6.16. The molecule has 1 amide bonds. The number of hydrogen-bond donors (Lipinski definition) is 0. The van der Waals surface area contributed by atoms with E-state index in [1.807, 2.05) is 55.1 Å². The second-order valence-corrected chi connectivity index (χ2v) is 8.26. The highest BCUT2D eigenvalue weighted by molar-refractivity contribution is 5.95. The molecule has 4 rings (SSSR count). The molecule has 6 nitrogen and oxygen atoms in total. The molecule has 1 fully saturated rings. The number of benzene rings is 2. The molecule has 2 heterocycles. The second-order valence-electron chi connectivity index (χ2n) is 8.26. The van der Waals surface area contributed by atoms with Crippen LogP contribution in [0, 0.1) is 13.8 Å².